The molecule has 0 unspecified atom stereocenters. The van der Waals surface area contributed by atoms with Crippen LogP contribution in [0.3, 0.4) is 0 Å². The maximum atomic E-state index is 11.3. The van der Waals surface area contributed by atoms with Crippen molar-refractivity contribution in [2.45, 2.75) is 12.8 Å². The predicted molar refractivity (Wildman–Crippen MR) is 57.7 cm³/mol. The topological polar surface area (TPSA) is 75.4 Å². The van der Waals surface area contributed by atoms with Crippen molar-refractivity contribution in [1.29, 1.82) is 0 Å². The second-order valence-electron chi connectivity index (χ2n) is 2.88. The van der Waals surface area contributed by atoms with Crippen molar-refractivity contribution >= 4 is 29.0 Å². The molecule has 0 saturated carbocycles. The van der Waals surface area contributed by atoms with E-state index in [1.54, 1.807) is 14.1 Å². The molecule has 6 heteroatoms. The van der Waals surface area contributed by atoms with Gasteiger partial charge in [-0.1, -0.05) is 12.2 Å². The minimum atomic E-state index is -0.165. The van der Waals surface area contributed by atoms with E-state index in [9.17, 15) is 9.59 Å². The molecular weight excluding hydrogens is 202 g/mol. The van der Waals surface area contributed by atoms with Gasteiger partial charge in [-0.05, 0) is 0 Å². The monoisotopic (exact) mass is 217 g/mol. The number of nitrogens with zero attached hydrogens (tertiary/aromatic N) is 1. The lowest BCUT2D eigenvalue weighted by Crippen LogP contribution is -2.33. The largest absolute Gasteiger partial charge is 0.393 e. The summed E-state index contributed by atoms with van der Waals surface area (Å²) in [6.07, 6.45) is 0.343. The highest BCUT2D eigenvalue weighted by molar-refractivity contribution is 7.80. The zero-order chi connectivity index (χ0) is 11.1. The van der Waals surface area contributed by atoms with Crippen LogP contribution in [-0.2, 0) is 9.59 Å². The summed E-state index contributed by atoms with van der Waals surface area (Å²) in [6.45, 7) is 0.376. The summed E-state index contributed by atoms with van der Waals surface area (Å²) in [5.41, 5.74) is 5.22. The lowest BCUT2D eigenvalue weighted by molar-refractivity contribution is -0.129. The summed E-state index contributed by atoms with van der Waals surface area (Å²) in [7, 11) is 3.17. The van der Waals surface area contributed by atoms with Crippen molar-refractivity contribution < 1.29 is 9.59 Å². The molecule has 80 valence electrons. The fourth-order valence-electron chi connectivity index (χ4n) is 0.803. The number of carbonyl (C=O) groups excluding carboxylic acids is 2. The maximum absolute atomic E-state index is 11.3. The molecule has 0 fully saturated rings. The summed E-state index contributed by atoms with van der Waals surface area (Å²) < 4.78 is 0. The fraction of sp³-hybridized carbons (Fsp3) is 0.625. The second kappa shape index (κ2) is 6.31. The molecule has 0 aromatic rings. The molecule has 0 aliphatic carbocycles. The third-order valence-corrected chi connectivity index (χ3v) is 1.85. The van der Waals surface area contributed by atoms with Gasteiger partial charge in [0, 0.05) is 27.1 Å². The van der Waals surface area contributed by atoms with Gasteiger partial charge in [-0.25, -0.2) is 0 Å². The first kappa shape index (κ1) is 12.8. The SMILES string of the molecule is CNC(=O)CCN(C)C(=O)CC(N)=S. The van der Waals surface area contributed by atoms with Crippen molar-refractivity contribution in [2.24, 2.45) is 5.73 Å². The molecule has 2 amide bonds. The van der Waals surface area contributed by atoms with Crippen molar-refractivity contribution in [2.75, 3.05) is 20.6 Å². The summed E-state index contributed by atoms with van der Waals surface area (Å²) in [5, 5.41) is 2.47. The Morgan fingerprint density at radius 2 is 2.07 bits per heavy atom. The number of amides is 2. The zero-order valence-electron chi connectivity index (χ0n) is 8.37. The van der Waals surface area contributed by atoms with Gasteiger partial charge in [-0.15, -0.1) is 0 Å². The summed E-state index contributed by atoms with van der Waals surface area (Å²) in [4.78, 5) is 23.7. The molecule has 0 bridgehead atoms. The van der Waals surface area contributed by atoms with Gasteiger partial charge in [0.25, 0.3) is 0 Å². The number of thiocarbonyl (C=S) groups is 1. The van der Waals surface area contributed by atoms with E-state index in [-0.39, 0.29) is 29.6 Å². The van der Waals surface area contributed by atoms with E-state index in [1.807, 2.05) is 0 Å². The van der Waals surface area contributed by atoms with Crippen LogP contribution in [0.1, 0.15) is 12.8 Å². The minimum Gasteiger partial charge on any atom is -0.393 e. The van der Waals surface area contributed by atoms with Crippen LogP contribution in [0.2, 0.25) is 0 Å². The lowest BCUT2D eigenvalue weighted by Gasteiger charge is -2.15. The van der Waals surface area contributed by atoms with Crippen molar-refractivity contribution in [3.8, 4) is 0 Å². The highest BCUT2D eigenvalue weighted by Crippen LogP contribution is 1.93. The molecule has 0 radical (unpaired) electrons. The van der Waals surface area contributed by atoms with E-state index in [0.717, 1.165) is 0 Å². The first-order valence-electron chi connectivity index (χ1n) is 4.20. The van der Waals surface area contributed by atoms with Crippen LogP contribution in [-0.4, -0.2) is 42.3 Å². The average Bonchev–Trinajstić information content (AvgIpc) is 2.12. The molecule has 0 heterocycles. The Hall–Kier alpha value is -1.17. The van der Waals surface area contributed by atoms with Crippen molar-refractivity contribution in [3.63, 3.8) is 0 Å². The Balaban J connectivity index is 3.84. The van der Waals surface area contributed by atoms with Gasteiger partial charge in [0.2, 0.25) is 11.8 Å². The quantitative estimate of drug-likeness (QED) is 0.595. The number of nitrogens with two attached hydrogens (primary N) is 1. The predicted octanol–water partition coefficient (Wildman–Crippen LogP) is -0.743. The summed E-state index contributed by atoms with van der Waals surface area (Å²) in [5.74, 6) is -0.263. The molecule has 0 aromatic heterocycles. The van der Waals surface area contributed by atoms with Crippen molar-refractivity contribution in [3.05, 3.63) is 0 Å². The second-order valence-corrected chi connectivity index (χ2v) is 3.41. The molecule has 0 atom stereocenters. The van der Waals surface area contributed by atoms with Crippen LogP contribution in [0.5, 0.6) is 0 Å². The molecule has 0 saturated heterocycles. The van der Waals surface area contributed by atoms with Crippen LogP contribution in [0, 0.1) is 0 Å². The number of carbonyl (C=O) groups is 2. The Morgan fingerprint density at radius 1 is 1.50 bits per heavy atom. The lowest BCUT2D eigenvalue weighted by atomic mass is 10.3. The number of nitrogens with one attached hydrogen (secondary N) is 1. The molecule has 3 N–H and O–H groups in total. The first-order valence-corrected chi connectivity index (χ1v) is 4.61. The van der Waals surface area contributed by atoms with Gasteiger partial charge < -0.3 is 16.0 Å². The van der Waals surface area contributed by atoms with Gasteiger partial charge in [0.15, 0.2) is 0 Å². The standard InChI is InChI=1S/C8H15N3O2S/c1-10-7(12)3-4-11(2)8(13)5-6(9)14/h3-5H2,1-2H3,(H2,9,14)(H,10,12). The number of rotatable bonds is 5. The smallest absolute Gasteiger partial charge is 0.229 e. The average molecular weight is 217 g/mol. The van der Waals surface area contributed by atoms with Gasteiger partial charge >= 0.3 is 0 Å². The van der Waals surface area contributed by atoms with Crippen LogP contribution in [0.15, 0.2) is 0 Å². The molecule has 0 aromatic carbocycles. The van der Waals surface area contributed by atoms with Gasteiger partial charge in [-0.2, -0.15) is 0 Å². The van der Waals surface area contributed by atoms with Crippen LogP contribution in [0.25, 0.3) is 0 Å². The van der Waals surface area contributed by atoms with E-state index in [2.05, 4.69) is 17.5 Å². The fourth-order valence-corrected chi connectivity index (χ4v) is 0.926. The van der Waals surface area contributed by atoms with Crippen LogP contribution < -0.4 is 11.1 Å². The molecule has 0 rings (SSSR count). The normalized spacial score (nSPS) is 9.29. The Morgan fingerprint density at radius 3 is 2.50 bits per heavy atom. The third-order valence-electron chi connectivity index (χ3n) is 1.70. The highest BCUT2D eigenvalue weighted by atomic mass is 32.1. The Kier molecular flexibility index (Phi) is 5.78. The Bertz CT molecular complexity index is 243. The molecule has 5 nitrogen and oxygen atoms in total. The molecule has 0 aliphatic heterocycles. The van der Waals surface area contributed by atoms with Gasteiger partial charge in [0.05, 0.1) is 11.4 Å². The minimum absolute atomic E-state index is 0.0551. The molecule has 0 spiro atoms. The van der Waals surface area contributed by atoms with E-state index in [0.29, 0.717) is 6.54 Å². The van der Waals surface area contributed by atoms with Gasteiger partial charge in [-0.3, -0.25) is 9.59 Å². The molecule has 14 heavy (non-hydrogen) atoms. The van der Waals surface area contributed by atoms with E-state index in [1.165, 1.54) is 4.90 Å². The third kappa shape index (κ3) is 5.47. The Labute approximate surface area is 88.6 Å². The summed E-state index contributed by atoms with van der Waals surface area (Å²) >= 11 is 4.60. The first-order chi connectivity index (χ1) is 6.47. The zero-order valence-corrected chi connectivity index (χ0v) is 9.19. The number of hydrogen-bond acceptors (Lipinski definition) is 3. The molecular formula is C8H15N3O2S. The summed E-state index contributed by atoms with van der Waals surface area (Å²) in [6, 6.07) is 0. The van der Waals surface area contributed by atoms with Crippen LogP contribution >= 0.6 is 12.2 Å². The highest BCUT2D eigenvalue weighted by Gasteiger charge is 2.10. The molecule has 0 aliphatic rings. The number of hydrogen-bond donors (Lipinski definition) is 2. The van der Waals surface area contributed by atoms with E-state index >= 15 is 0 Å². The van der Waals surface area contributed by atoms with E-state index in [4.69, 9.17) is 5.73 Å². The van der Waals surface area contributed by atoms with Crippen LogP contribution in [0.4, 0.5) is 0 Å². The van der Waals surface area contributed by atoms with E-state index < -0.39 is 0 Å². The maximum Gasteiger partial charge on any atom is 0.229 e. The van der Waals surface area contributed by atoms with Gasteiger partial charge in [0.1, 0.15) is 0 Å². The van der Waals surface area contributed by atoms with Crippen molar-refractivity contribution in [1.82, 2.24) is 10.2 Å².